The van der Waals surface area contributed by atoms with Crippen LogP contribution >= 0.6 is 0 Å². The molecule has 0 aliphatic rings. The summed E-state index contributed by atoms with van der Waals surface area (Å²) in [5, 5.41) is 5.12. The van der Waals surface area contributed by atoms with Crippen molar-refractivity contribution in [1.82, 2.24) is 4.90 Å². The van der Waals surface area contributed by atoms with Crippen molar-refractivity contribution in [3.8, 4) is 0 Å². The third-order valence-electron chi connectivity index (χ3n) is 2.65. The van der Waals surface area contributed by atoms with Crippen LogP contribution < -0.4 is 5.14 Å². The minimum absolute atomic E-state index is 0.0844. The molecule has 106 valence electrons. The summed E-state index contributed by atoms with van der Waals surface area (Å²) in [7, 11) is -0.820. The highest BCUT2D eigenvalue weighted by molar-refractivity contribution is 7.89. The molecular formula is C12H18N2O4S. The van der Waals surface area contributed by atoms with Crippen LogP contribution in [0.3, 0.4) is 0 Å². The molecule has 0 radical (unpaired) electrons. The van der Waals surface area contributed by atoms with Gasteiger partial charge in [-0.25, -0.2) is 13.6 Å². The largest absolute Gasteiger partial charge is 0.383 e. The van der Waals surface area contributed by atoms with Crippen molar-refractivity contribution in [3.05, 3.63) is 29.3 Å². The third-order valence-corrected chi connectivity index (χ3v) is 3.62. The molecule has 1 aromatic rings. The fourth-order valence-corrected chi connectivity index (χ4v) is 2.30. The summed E-state index contributed by atoms with van der Waals surface area (Å²) in [6.07, 6.45) is 0. The Bertz CT molecular complexity index is 569. The van der Waals surface area contributed by atoms with Crippen molar-refractivity contribution in [2.45, 2.75) is 11.8 Å². The van der Waals surface area contributed by atoms with Crippen LogP contribution in [0.4, 0.5) is 0 Å². The molecule has 19 heavy (non-hydrogen) atoms. The fourth-order valence-electron chi connectivity index (χ4n) is 1.59. The number of nitrogens with zero attached hydrogens (tertiary/aromatic N) is 1. The normalized spacial score (nSPS) is 11.4. The minimum Gasteiger partial charge on any atom is -0.383 e. The number of carbonyl (C=O) groups excluding carboxylic acids is 1. The second-order valence-corrected chi connectivity index (χ2v) is 5.79. The zero-order valence-electron chi connectivity index (χ0n) is 11.2. The SMILES string of the molecule is COCCN(C)C(=O)c1cc(C)ccc1S(N)(=O)=O. The molecule has 0 spiro atoms. The zero-order chi connectivity index (χ0) is 14.6. The van der Waals surface area contributed by atoms with Gasteiger partial charge in [0.15, 0.2) is 0 Å². The van der Waals surface area contributed by atoms with E-state index in [0.717, 1.165) is 5.56 Å². The summed E-state index contributed by atoms with van der Waals surface area (Å²) < 4.78 is 27.9. The highest BCUT2D eigenvalue weighted by atomic mass is 32.2. The van der Waals surface area contributed by atoms with Crippen molar-refractivity contribution < 1.29 is 17.9 Å². The predicted octanol–water partition coefficient (Wildman–Crippen LogP) is 0.361. The highest BCUT2D eigenvalue weighted by Gasteiger charge is 2.21. The standard InChI is InChI=1S/C12H18N2O4S/c1-9-4-5-11(19(13,16)17)10(8-9)12(15)14(2)6-7-18-3/h4-5,8H,6-7H2,1-3H3,(H2,13,16,17). The van der Waals surface area contributed by atoms with E-state index in [1.807, 2.05) is 0 Å². The van der Waals surface area contributed by atoms with Crippen molar-refractivity contribution in [2.24, 2.45) is 5.14 Å². The van der Waals surface area contributed by atoms with Gasteiger partial charge in [0.05, 0.1) is 17.1 Å². The summed E-state index contributed by atoms with van der Waals surface area (Å²) in [6, 6.07) is 4.47. The number of carbonyl (C=O) groups is 1. The molecule has 6 nitrogen and oxygen atoms in total. The van der Waals surface area contributed by atoms with Crippen LogP contribution in [0, 0.1) is 6.92 Å². The molecule has 0 fully saturated rings. The van der Waals surface area contributed by atoms with Crippen LogP contribution in [0.2, 0.25) is 0 Å². The van der Waals surface area contributed by atoms with Gasteiger partial charge in [0.1, 0.15) is 0 Å². The number of ether oxygens (including phenoxy) is 1. The molecule has 0 heterocycles. The van der Waals surface area contributed by atoms with Gasteiger partial charge in [-0.2, -0.15) is 0 Å². The Morgan fingerprint density at radius 2 is 2.05 bits per heavy atom. The average molecular weight is 286 g/mol. The van der Waals surface area contributed by atoms with Crippen LogP contribution in [0.1, 0.15) is 15.9 Å². The van der Waals surface area contributed by atoms with Crippen LogP contribution in [0.5, 0.6) is 0 Å². The number of nitrogens with two attached hydrogens (primary N) is 1. The number of benzene rings is 1. The molecule has 1 rings (SSSR count). The molecule has 0 aromatic heterocycles. The second kappa shape index (κ2) is 6.14. The van der Waals surface area contributed by atoms with Gasteiger partial charge in [0, 0.05) is 20.7 Å². The minimum atomic E-state index is -3.93. The summed E-state index contributed by atoms with van der Waals surface area (Å²) >= 11 is 0. The van der Waals surface area contributed by atoms with Gasteiger partial charge in [-0.15, -0.1) is 0 Å². The molecule has 0 saturated carbocycles. The lowest BCUT2D eigenvalue weighted by Gasteiger charge is -2.18. The van der Waals surface area contributed by atoms with Gasteiger partial charge in [0.25, 0.3) is 5.91 Å². The van der Waals surface area contributed by atoms with Gasteiger partial charge in [-0.05, 0) is 19.1 Å². The van der Waals surface area contributed by atoms with E-state index in [0.29, 0.717) is 13.2 Å². The summed E-state index contributed by atoms with van der Waals surface area (Å²) in [5.74, 6) is -0.398. The van der Waals surface area contributed by atoms with E-state index >= 15 is 0 Å². The third kappa shape index (κ3) is 4.02. The number of hydrogen-bond acceptors (Lipinski definition) is 4. The lowest BCUT2D eigenvalue weighted by atomic mass is 10.1. The molecular weight excluding hydrogens is 268 g/mol. The molecule has 0 aliphatic carbocycles. The molecule has 2 N–H and O–H groups in total. The Kier molecular flexibility index (Phi) is 5.04. The molecule has 0 atom stereocenters. The number of rotatable bonds is 5. The molecule has 0 unspecified atom stereocenters. The maximum atomic E-state index is 12.2. The first-order chi connectivity index (χ1) is 8.77. The molecule has 1 amide bonds. The van der Waals surface area contributed by atoms with Gasteiger partial charge in [0.2, 0.25) is 10.0 Å². The number of methoxy groups -OCH3 is 1. The lowest BCUT2D eigenvalue weighted by Crippen LogP contribution is -2.31. The van der Waals surface area contributed by atoms with Crippen LogP contribution in [0.25, 0.3) is 0 Å². The van der Waals surface area contributed by atoms with Crippen LogP contribution in [-0.4, -0.2) is 46.5 Å². The number of sulfonamides is 1. The molecule has 1 aromatic carbocycles. The number of likely N-dealkylation sites (N-methyl/N-ethyl adjacent to an activating group) is 1. The highest BCUT2D eigenvalue weighted by Crippen LogP contribution is 2.17. The van der Waals surface area contributed by atoms with Crippen molar-refractivity contribution in [3.63, 3.8) is 0 Å². The Hall–Kier alpha value is -1.44. The number of primary sulfonamides is 1. The van der Waals surface area contributed by atoms with Gasteiger partial charge in [-0.3, -0.25) is 4.79 Å². The van der Waals surface area contributed by atoms with Crippen LogP contribution in [-0.2, 0) is 14.8 Å². The Balaban J connectivity index is 3.18. The first-order valence-corrected chi connectivity index (χ1v) is 7.20. The predicted molar refractivity (Wildman–Crippen MR) is 71.4 cm³/mol. The molecule has 0 bridgehead atoms. The maximum Gasteiger partial charge on any atom is 0.255 e. The monoisotopic (exact) mass is 286 g/mol. The first-order valence-electron chi connectivity index (χ1n) is 5.65. The zero-order valence-corrected chi connectivity index (χ0v) is 12.0. The Labute approximate surface area is 113 Å². The summed E-state index contributed by atoms with van der Waals surface area (Å²) in [5.41, 5.74) is 0.872. The van der Waals surface area contributed by atoms with E-state index in [1.54, 1.807) is 20.0 Å². The van der Waals surface area contributed by atoms with Gasteiger partial charge in [-0.1, -0.05) is 11.6 Å². The molecule has 0 aliphatic heterocycles. The van der Waals surface area contributed by atoms with E-state index in [-0.39, 0.29) is 10.5 Å². The Morgan fingerprint density at radius 1 is 1.42 bits per heavy atom. The molecule has 7 heteroatoms. The van der Waals surface area contributed by atoms with Gasteiger partial charge < -0.3 is 9.64 Å². The fraction of sp³-hybridized carbons (Fsp3) is 0.417. The van der Waals surface area contributed by atoms with E-state index < -0.39 is 15.9 Å². The smallest absolute Gasteiger partial charge is 0.255 e. The van der Waals surface area contributed by atoms with Crippen molar-refractivity contribution >= 4 is 15.9 Å². The first kappa shape index (κ1) is 15.6. The van der Waals surface area contributed by atoms with E-state index in [2.05, 4.69) is 0 Å². The number of amides is 1. The van der Waals surface area contributed by atoms with E-state index in [1.165, 1.54) is 24.1 Å². The van der Waals surface area contributed by atoms with E-state index in [4.69, 9.17) is 9.88 Å². The number of aryl methyl sites for hydroxylation is 1. The quantitative estimate of drug-likeness (QED) is 0.846. The summed E-state index contributed by atoms with van der Waals surface area (Å²) in [4.78, 5) is 13.5. The molecule has 0 saturated heterocycles. The van der Waals surface area contributed by atoms with Crippen molar-refractivity contribution in [1.29, 1.82) is 0 Å². The van der Waals surface area contributed by atoms with Gasteiger partial charge >= 0.3 is 0 Å². The summed E-state index contributed by atoms with van der Waals surface area (Å²) in [6.45, 7) is 2.52. The maximum absolute atomic E-state index is 12.2. The van der Waals surface area contributed by atoms with E-state index in [9.17, 15) is 13.2 Å². The Morgan fingerprint density at radius 3 is 2.58 bits per heavy atom. The lowest BCUT2D eigenvalue weighted by molar-refractivity contribution is 0.0740. The van der Waals surface area contributed by atoms with Crippen molar-refractivity contribution in [2.75, 3.05) is 27.3 Å². The number of hydrogen-bond donors (Lipinski definition) is 1. The topological polar surface area (TPSA) is 89.7 Å². The second-order valence-electron chi connectivity index (χ2n) is 4.26. The van der Waals surface area contributed by atoms with Crippen LogP contribution in [0.15, 0.2) is 23.1 Å². The average Bonchev–Trinajstić information content (AvgIpc) is 2.33.